The molecule has 0 aliphatic carbocycles. The Kier molecular flexibility index (Phi) is 4.52. The van der Waals surface area contributed by atoms with Crippen LogP contribution in [0.25, 0.3) is 0 Å². The van der Waals surface area contributed by atoms with E-state index in [9.17, 15) is 4.79 Å². The Labute approximate surface area is 133 Å². The molecular weight excluding hydrogens is 332 g/mol. The number of amides is 1. The third kappa shape index (κ3) is 3.94. The molecule has 0 unspecified atom stereocenters. The molecule has 1 N–H and O–H groups in total. The smallest absolute Gasteiger partial charge is 0.232 e. The van der Waals surface area contributed by atoms with Gasteiger partial charge in [0.2, 0.25) is 5.91 Å². The molecule has 0 spiro atoms. The number of rotatable bonds is 3. The third-order valence-electron chi connectivity index (χ3n) is 3.00. The third-order valence-corrected chi connectivity index (χ3v) is 3.69. The van der Waals surface area contributed by atoms with E-state index in [1.54, 1.807) is 0 Å². The fourth-order valence-electron chi connectivity index (χ4n) is 1.82. The first-order valence-electron chi connectivity index (χ1n) is 6.78. The van der Waals surface area contributed by atoms with Crippen LogP contribution in [0.15, 0.2) is 33.2 Å². The predicted molar refractivity (Wildman–Crippen MR) is 86.4 cm³/mol. The lowest BCUT2D eigenvalue weighted by Crippen LogP contribution is -2.15. The van der Waals surface area contributed by atoms with E-state index in [2.05, 4.69) is 26.2 Å². The van der Waals surface area contributed by atoms with E-state index >= 15 is 0 Å². The van der Waals surface area contributed by atoms with Gasteiger partial charge in [-0.1, -0.05) is 32.9 Å². The van der Waals surface area contributed by atoms with Gasteiger partial charge in [0.15, 0.2) is 5.89 Å². The summed E-state index contributed by atoms with van der Waals surface area (Å²) in [5.41, 5.74) is 1.35. The molecule has 0 fully saturated rings. The van der Waals surface area contributed by atoms with Gasteiger partial charge in [-0.3, -0.25) is 4.79 Å². The molecular formula is C16H19BrN2O2. The zero-order valence-electron chi connectivity index (χ0n) is 12.7. The maximum absolute atomic E-state index is 12.1. The number of carbonyl (C=O) groups excluding carboxylic acids is 1. The first kappa shape index (κ1) is 15.8. The molecule has 0 radical (unpaired) electrons. The predicted octanol–water partition coefficient (Wildman–Crippen LogP) is 4.22. The van der Waals surface area contributed by atoms with Crippen molar-refractivity contribution in [3.8, 4) is 0 Å². The van der Waals surface area contributed by atoms with Gasteiger partial charge in [-0.05, 0) is 35.0 Å². The first-order chi connectivity index (χ1) is 9.77. The largest absolute Gasteiger partial charge is 0.444 e. The van der Waals surface area contributed by atoms with E-state index in [0.717, 1.165) is 15.9 Å². The van der Waals surface area contributed by atoms with E-state index < -0.39 is 0 Å². The van der Waals surface area contributed by atoms with Gasteiger partial charge < -0.3 is 9.73 Å². The van der Waals surface area contributed by atoms with Crippen LogP contribution >= 0.6 is 15.9 Å². The lowest BCUT2D eigenvalue weighted by Gasteiger charge is -2.12. The van der Waals surface area contributed by atoms with Crippen molar-refractivity contribution in [2.45, 2.75) is 39.5 Å². The zero-order chi connectivity index (χ0) is 15.6. The normalized spacial score (nSPS) is 11.5. The summed E-state index contributed by atoms with van der Waals surface area (Å²) < 4.78 is 6.58. The number of aryl methyl sites for hydroxylation is 1. The van der Waals surface area contributed by atoms with Crippen molar-refractivity contribution in [2.24, 2.45) is 0 Å². The number of nitrogens with one attached hydrogen (secondary N) is 1. The maximum Gasteiger partial charge on any atom is 0.232 e. The van der Waals surface area contributed by atoms with Crippen LogP contribution < -0.4 is 5.32 Å². The van der Waals surface area contributed by atoms with Crippen molar-refractivity contribution >= 4 is 27.5 Å². The quantitative estimate of drug-likeness (QED) is 0.901. The number of hydrogen-bond donors (Lipinski definition) is 1. The molecule has 2 rings (SSSR count). The molecule has 5 heteroatoms. The van der Waals surface area contributed by atoms with Crippen molar-refractivity contribution < 1.29 is 9.21 Å². The highest BCUT2D eigenvalue weighted by Crippen LogP contribution is 2.25. The maximum atomic E-state index is 12.1. The average Bonchev–Trinajstić information content (AvgIpc) is 2.74. The summed E-state index contributed by atoms with van der Waals surface area (Å²) in [6.45, 7) is 7.95. The molecule has 0 bridgehead atoms. The van der Waals surface area contributed by atoms with Gasteiger partial charge in [0.25, 0.3) is 0 Å². The van der Waals surface area contributed by atoms with Crippen molar-refractivity contribution in [3.63, 3.8) is 0 Å². The SMILES string of the molecule is Cc1nc(C(C)(C)C)oc1CC(=O)Nc1ccccc1Br. The molecule has 1 aromatic heterocycles. The number of hydrogen-bond acceptors (Lipinski definition) is 3. The number of nitrogens with zero attached hydrogens (tertiary/aromatic N) is 1. The second-order valence-corrected chi connectivity index (χ2v) is 6.84. The number of carbonyl (C=O) groups is 1. The Balaban J connectivity index is 2.10. The van der Waals surface area contributed by atoms with Gasteiger partial charge in [0.05, 0.1) is 17.8 Å². The fraction of sp³-hybridized carbons (Fsp3) is 0.375. The van der Waals surface area contributed by atoms with E-state index in [1.165, 1.54) is 0 Å². The number of para-hydroxylation sites is 1. The molecule has 4 nitrogen and oxygen atoms in total. The van der Waals surface area contributed by atoms with Crippen LogP contribution in [0.2, 0.25) is 0 Å². The molecule has 0 saturated heterocycles. The minimum absolute atomic E-state index is 0.124. The van der Waals surface area contributed by atoms with E-state index in [1.807, 2.05) is 52.0 Å². The Hall–Kier alpha value is -1.62. The minimum Gasteiger partial charge on any atom is -0.444 e. The van der Waals surface area contributed by atoms with Crippen molar-refractivity contribution in [1.82, 2.24) is 4.98 Å². The molecule has 112 valence electrons. The van der Waals surface area contributed by atoms with Gasteiger partial charge in [-0.15, -0.1) is 0 Å². The van der Waals surface area contributed by atoms with Crippen molar-refractivity contribution in [1.29, 1.82) is 0 Å². The second-order valence-electron chi connectivity index (χ2n) is 5.98. The van der Waals surface area contributed by atoms with Gasteiger partial charge in [0, 0.05) is 9.89 Å². The van der Waals surface area contributed by atoms with Crippen LogP contribution in [0.4, 0.5) is 5.69 Å². The van der Waals surface area contributed by atoms with Crippen molar-refractivity contribution in [3.05, 3.63) is 46.1 Å². The molecule has 1 heterocycles. The van der Waals surface area contributed by atoms with E-state index in [4.69, 9.17) is 4.42 Å². The number of benzene rings is 1. The van der Waals surface area contributed by atoms with Crippen LogP contribution in [-0.2, 0) is 16.6 Å². The Morgan fingerprint density at radius 1 is 1.33 bits per heavy atom. The molecule has 1 aromatic carbocycles. The Morgan fingerprint density at radius 3 is 2.57 bits per heavy atom. The standard InChI is InChI=1S/C16H19BrN2O2/c1-10-13(21-15(18-10)16(2,3)4)9-14(20)19-12-8-6-5-7-11(12)17/h5-8H,9H2,1-4H3,(H,19,20). The molecule has 0 aliphatic heterocycles. The summed E-state index contributed by atoms with van der Waals surface area (Å²) in [5, 5.41) is 2.86. The van der Waals surface area contributed by atoms with E-state index in [0.29, 0.717) is 11.7 Å². The number of anilines is 1. The van der Waals surface area contributed by atoms with Crippen molar-refractivity contribution in [2.75, 3.05) is 5.32 Å². The fourth-order valence-corrected chi connectivity index (χ4v) is 2.20. The number of aromatic nitrogens is 1. The number of oxazole rings is 1. The molecule has 1 amide bonds. The second kappa shape index (κ2) is 6.02. The van der Waals surface area contributed by atoms with Gasteiger partial charge in [0.1, 0.15) is 5.76 Å². The average molecular weight is 351 g/mol. The zero-order valence-corrected chi connectivity index (χ0v) is 14.2. The van der Waals surface area contributed by atoms with Crippen LogP contribution in [0.1, 0.15) is 38.1 Å². The Bertz CT molecular complexity index is 657. The molecule has 2 aromatic rings. The monoisotopic (exact) mass is 350 g/mol. The highest BCUT2D eigenvalue weighted by molar-refractivity contribution is 9.10. The highest BCUT2D eigenvalue weighted by atomic mass is 79.9. The van der Waals surface area contributed by atoms with Crippen LogP contribution in [-0.4, -0.2) is 10.9 Å². The highest BCUT2D eigenvalue weighted by Gasteiger charge is 2.23. The van der Waals surface area contributed by atoms with Gasteiger partial charge in [-0.25, -0.2) is 4.98 Å². The summed E-state index contributed by atoms with van der Waals surface area (Å²) in [6.07, 6.45) is 0.177. The van der Waals surface area contributed by atoms with E-state index in [-0.39, 0.29) is 17.7 Å². The van der Waals surface area contributed by atoms with Crippen LogP contribution in [0.5, 0.6) is 0 Å². The van der Waals surface area contributed by atoms with Crippen LogP contribution in [0.3, 0.4) is 0 Å². The van der Waals surface area contributed by atoms with Gasteiger partial charge >= 0.3 is 0 Å². The summed E-state index contributed by atoms with van der Waals surface area (Å²) in [4.78, 5) is 16.5. The molecule has 21 heavy (non-hydrogen) atoms. The lowest BCUT2D eigenvalue weighted by atomic mass is 9.97. The number of halogens is 1. The summed E-state index contributed by atoms with van der Waals surface area (Å²) in [5.74, 6) is 1.15. The minimum atomic E-state index is -0.165. The topological polar surface area (TPSA) is 55.1 Å². The molecule has 0 aliphatic rings. The summed E-state index contributed by atoms with van der Waals surface area (Å²) >= 11 is 3.40. The summed E-state index contributed by atoms with van der Waals surface area (Å²) in [6, 6.07) is 7.50. The summed E-state index contributed by atoms with van der Waals surface area (Å²) in [7, 11) is 0. The Morgan fingerprint density at radius 2 is 2.00 bits per heavy atom. The first-order valence-corrected chi connectivity index (χ1v) is 7.58. The molecule has 0 saturated carbocycles. The lowest BCUT2D eigenvalue weighted by molar-refractivity contribution is -0.115. The van der Waals surface area contributed by atoms with Crippen LogP contribution in [0, 0.1) is 6.92 Å². The molecule has 0 atom stereocenters. The van der Waals surface area contributed by atoms with Gasteiger partial charge in [-0.2, -0.15) is 0 Å².